The quantitative estimate of drug-likeness (QED) is 0.826. The molecule has 3 nitrogen and oxygen atoms in total. The molecule has 0 heterocycles. The lowest BCUT2D eigenvalue weighted by atomic mass is 10.1. The summed E-state index contributed by atoms with van der Waals surface area (Å²) in [5.74, 6) is -3.13. The average Bonchev–Trinajstić information content (AvgIpc) is 2.30. The number of phenols is 1. The summed E-state index contributed by atoms with van der Waals surface area (Å²) in [5.41, 5.74) is -0.624. The molecule has 0 atom stereocenters. The second-order valence-corrected chi connectivity index (χ2v) is 4.63. The molecule has 2 aromatic rings. The number of carbonyl (C=O) groups excluding carboxylic acids is 1. The van der Waals surface area contributed by atoms with Gasteiger partial charge in [0, 0.05) is 4.47 Å². The molecule has 0 spiro atoms. The van der Waals surface area contributed by atoms with Crippen molar-refractivity contribution in [3.05, 3.63) is 58.1 Å². The molecule has 0 saturated carbocycles. The summed E-state index contributed by atoms with van der Waals surface area (Å²) in [5, 5.41) is 11.7. The first-order valence-corrected chi connectivity index (χ1v) is 6.02. The van der Waals surface area contributed by atoms with Gasteiger partial charge in [-0.1, -0.05) is 28.1 Å². The number of rotatable bonds is 2. The van der Waals surface area contributed by atoms with Gasteiger partial charge >= 0.3 is 0 Å². The van der Waals surface area contributed by atoms with E-state index in [-0.39, 0.29) is 15.9 Å². The van der Waals surface area contributed by atoms with Gasteiger partial charge in [-0.25, -0.2) is 8.78 Å². The predicted molar refractivity (Wildman–Crippen MR) is 70.1 cm³/mol. The van der Waals surface area contributed by atoms with Crippen LogP contribution < -0.4 is 5.32 Å². The first-order valence-electron chi connectivity index (χ1n) is 5.23. The molecule has 2 rings (SSSR count). The van der Waals surface area contributed by atoms with Gasteiger partial charge < -0.3 is 10.4 Å². The molecule has 0 aliphatic heterocycles. The van der Waals surface area contributed by atoms with Crippen molar-refractivity contribution < 1.29 is 18.7 Å². The number of anilines is 1. The van der Waals surface area contributed by atoms with Crippen LogP contribution in [0.3, 0.4) is 0 Å². The number of hydrogen-bond donors (Lipinski definition) is 2. The monoisotopic (exact) mass is 327 g/mol. The van der Waals surface area contributed by atoms with Gasteiger partial charge in [-0.2, -0.15) is 0 Å². The number of amides is 1. The largest absolute Gasteiger partial charge is 0.506 e. The predicted octanol–water partition coefficient (Wildman–Crippen LogP) is 3.69. The van der Waals surface area contributed by atoms with Crippen LogP contribution in [0.1, 0.15) is 10.4 Å². The lowest BCUT2D eigenvalue weighted by Crippen LogP contribution is -2.16. The number of para-hydroxylation sites is 2. The topological polar surface area (TPSA) is 49.3 Å². The first kappa shape index (κ1) is 13.5. The summed E-state index contributed by atoms with van der Waals surface area (Å²) < 4.78 is 27.3. The number of nitrogens with one attached hydrogen (secondary N) is 1. The van der Waals surface area contributed by atoms with Gasteiger partial charge in [-0.15, -0.1) is 0 Å². The van der Waals surface area contributed by atoms with Gasteiger partial charge in [0.15, 0.2) is 0 Å². The molecule has 0 saturated heterocycles. The second kappa shape index (κ2) is 5.36. The van der Waals surface area contributed by atoms with E-state index in [2.05, 4.69) is 21.2 Å². The molecule has 0 unspecified atom stereocenters. The Balaban J connectivity index is 2.34. The molecule has 98 valence electrons. The zero-order valence-electron chi connectivity index (χ0n) is 9.45. The molecule has 0 bridgehead atoms. The minimum Gasteiger partial charge on any atom is -0.506 e. The molecule has 19 heavy (non-hydrogen) atoms. The van der Waals surface area contributed by atoms with Gasteiger partial charge in [0.2, 0.25) is 0 Å². The van der Waals surface area contributed by atoms with Crippen LogP contribution in [0, 0.1) is 11.6 Å². The van der Waals surface area contributed by atoms with Gasteiger partial charge in [0.25, 0.3) is 5.91 Å². The number of benzene rings is 2. The Bertz CT molecular complexity index is 623. The highest BCUT2D eigenvalue weighted by atomic mass is 79.9. The maximum Gasteiger partial charge on any atom is 0.261 e. The van der Waals surface area contributed by atoms with Gasteiger partial charge in [-0.05, 0) is 24.3 Å². The minimum absolute atomic E-state index is 0.0780. The Morgan fingerprint density at radius 3 is 2.32 bits per heavy atom. The van der Waals surface area contributed by atoms with Crippen LogP contribution in [0.25, 0.3) is 0 Å². The van der Waals surface area contributed by atoms with Crippen LogP contribution >= 0.6 is 15.9 Å². The highest BCUT2D eigenvalue weighted by molar-refractivity contribution is 9.10. The lowest BCUT2D eigenvalue weighted by Gasteiger charge is -2.08. The van der Waals surface area contributed by atoms with Crippen LogP contribution in [0.2, 0.25) is 0 Å². The fraction of sp³-hybridized carbons (Fsp3) is 0. The Morgan fingerprint density at radius 2 is 1.74 bits per heavy atom. The molecule has 0 fully saturated rings. The maximum atomic E-state index is 13.6. The first-order chi connectivity index (χ1) is 8.99. The summed E-state index contributed by atoms with van der Waals surface area (Å²) in [6, 6.07) is 7.88. The summed E-state index contributed by atoms with van der Waals surface area (Å²) in [6.07, 6.45) is 0. The van der Waals surface area contributed by atoms with E-state index >= 15 is 0 Å². The van der Waals surface area contributed by atoms with E-state index in [0.717, 1.165) is 12.1 Å². The molecule has 1 amide bonds. The number of aromatic hydroxyl groups is 1. The zero-order valence-corrected chi connectivity index (χ0v) is 11.0. The standard InChI is InChI=1S/C13H8BrF2NO2/c14-7-5-8(15)12(9(16)6-7)13(19)17-10-3-1-2-4-11(10)18/h1-6,18H,(H,17,19). The van der Waals surface area contributed by atoms with Crippen LogP contribution in [0.5, 0.6) is 5.75 Å². The summed E-state index contributed by atoms with van der Waals surface area (Å²) in [6.45, 7) is 0. The smallest absolute Gasteiger partial charge is 0.261 e. The van der Waals surface area contributed by atoms with E-state index in [1.165, 1.54) is 12.1 Å². The number of hydrogen-bond acceptors (Lipinski definition) is 2. The van der Waals surface area contributed by atoms with E-state index in [1.807, 2.05) is 0 Å². The van der Waals surface area contributed by atoms with Gasteiger partial charge in [0.05, 0.1) is 5.69 Å². The van der Waals surface area contributed by atoms with E-state index < -0.39 is 23.1 Å². The number of carbonyl (C=O) groups is 1. The Hall–Kier alpha value is -1.95. The molecular weight excluding hydrogens is 320 g/mol. The van der Waals surface area contributed by atoms with Crippen molar-refractivity contribution in [2.75, 3.05) is 5.32 Å². The van der Waals surface area contributed by atoms with Crippen molar-refractivity contribution in [3.63, 3.8) is 0 Å². The van der Waals surface area contributed by atoms with Gasteiger partial charge in [0.1, 0.15) is 22.9 Å². The van der Waals surface area contributed by atoms with Crippen molar-refractivity contribution in [2.45, 2.75) is 0 Å². The van der Waals surface area contributed by atoms with Crippen LogP contribution in [0.4, 0.5) is 14.5 Å². The summed E-state index contributed by atoms with van der Waals surface area (Å²) >= 11 is 2.92. The molecule has 2 N–H and O–H groups in total. The van der Waals surface area contributed by atoms with Crippen molar-refractivity contribution in [1.29, 1.82) is 0 Å². The van der Waals surface area contributed by atoms with E-state index in [4.69, 9.17) is 0 Å². The maximum absolute atomic E-state index is 13.6. The van der Waals surface area contributed by atoms with Crippen LogP contribution in [-0.2, 0) is 0 Å². The lowest BCUT2D eigenvalue weighted by molar-refractivity contribution is 0.101. The van der Waals surface area contributed by atoms with Gasteiger partial charge in [-0.3, -0.25) is 4.79 Å². The molecule has 6 heteroatoms. The summed E-state index contributed by atoms with van der Waals surface area (Å²) in [7, 11) is 0. The number of halogens is 3. The van der Waals surface area contributed by atoms with E-state index in [0.29, 0.717) is 0 Å². The molecule has 2 aromatic carbocycles. The zero-order chi connectivity index (χ0) is 14.0. The van der Waals surface area contributed by atoms with Crippen molar-refractivity contribution in [2.24, 2.45) is 0 Å². The highest BCUT2D eigenvalue weighted by Gasteiger charge is 2.19. The van der Waals surface area contributed by atoms with Crippen LogP contribution in [0.15, 0.2) is 40.9 Å². The van der Waals surface area contributed by atoms with Crippen molar-refractivity contribution in [3.8, 4) is 5.75 Å². The van der Waals surface area contributed by atoms with Crippen molar-refractivity contribution in [1.82, 2.24) is 0 Å². The average molecular weight is 328 g/mol. The van der Waals surface area contributed by atoms with E-state index in [9.17, 15) is 18.7 Å². The SMILES string of the molecule is O=C(Nc1ccccc1O)c1c(F)cc(Br)cc1F. The fourth-order valence-corrected chi connectivity index (χ4v) is 1.93. The Labute approximate surface area is 116 Å². The summed E-state index contributed by atoms with van der Waals surface area (Å²) in [4.78, 5) is 11.8. The minimum atomic E-state index is -0.986. The molecule has 0 radical (unpaired) electrons. The molecular formula is C13H8BrF2NO2. The second-order valence-electron chi connectivity index (χ2n) is 3.72. The number of phenolic OH excluding ortho intramolecular Hbond substituents is 1. The molecule has 0 aliphatic carbocycles. The molecule has 0 aromatic heterocycles. The Morgan fingerprint density at radius 1 is 1.16 bits per heavy atom. The molecule has 0 aliphatic rings. The highest BCUT2D eigenvalue weighted by Crippen LogP contribution is 2.24. The third-order valence-corrected chi connectivity index (χ3v) is 2.84. The van der Waals surface area contributed by atoms with Crippen molar-refractivity contribution >= 4 is 27.5 Å². The fourth-order valence-electron chi connectivity index (χ4n) is 1.52. The van der Waals surface area contributed by atoms with E-state index in [1.54, 1.807) is 12.1 Å². The normalized spacial score (nSPS) is 10.3. The third kappa shape index (κ3) is 2.90. The third-order valence-electron chi connectivity index (χ3n) is 2.39. The Kier molecular flexibility index (Phi) is 3.80. The van der Waals surface area contributed by atoms with Crippen LogP contribution in [-0.4, -0.2) is 11.0 Å².